The van der Waals surface area contributed by atoms with Crippen molar-refractivity contribution in [2.75, 3.05) is 25.6 Å². The molecular formula is C19H20BrFN2O4. The third-order valence-electron chi connectivity index (χ3n) is 3.61. The Hall–Kier alpha value is -2.45. The minimum atomic E-state index is -0.842. The second kappa shape index (κ2) is 10.0. The quantitative estimate of drug-likeness (QED) is 0.617. The summed E-state index contributed by atoms with van der Waals surface area (Å²) in [6.07, 6.45) is 0. The average Bonchev–Trinajstić information content (AvgIpc) is 2.62. The van der Waals surface area contributed by atoms with Crippen LogP contribution in [-0.4, -0.2) is 32.1 Å². The summed E-state index contributed by atoms with van der Waals surface area (Å²) in [6.45, 7) is 1.75. The van der Waals surface area contributed by atoms with Crippen LogP contribution in [0.2, 0.25) is 0 Å². The zero-order valence-corrected chi connectivity index (χ0v) is 16.5. The van der Waals surface area contributed by atoms with Crippen LogP contribution in [0, 0.1) is 5.82 Å². The molecule has 0 heterocycles. The van der Waals surface area contributed by atoms with E-state index in [1.807, 2.05) is 0 Å². The van der Waals surface area contributed by atoms with E-state index in [0.717, 1.165) is 0 Å². The topological polar surface area (TPSA) is 76.7 Å². The van der Waals surface area contributed by atoms with Gasteiger partial charge >= 0.3 is 5.97 Å². The Morgan fingerprint density at radius 3 is 2.63 bits per heavy atom. The summed E-state index contributed by atoms with van der Waals surface area (Å²) in [6, 6.07) is 9.86. The third-order valence-corrected chi connectivity index (χ3v) is 4.23. The molecule has 2 rings (SSSR count). The maximum absolute atomic E-state index is 13.2. The van der Waals surface area contributed by atoms with Gasteiger partial charge in [0, 0.05) is 5.69 Å². The summed E-state index contributed by atoms with van der Waals surface area (Å²) in [5, 5.41) is 5.45. The molecule has 0 bridgehead atoms. The number of benzene rings is 2. The normalized spacial score (nSPS) is 11.6. The molecule has 0 unspecified atom stereocenters. The smallest absolute Gasteiger partial charge is 0.327 e. The van der Waals surface area contributed by atoms with E-state index in [-0.39, 0.29) is 13.2 Å². The molecule has 0 fully saturated rings. The summed E-state index contributed by atoms with van der Waals surface area (Å²) in [4.78, 5) is 24.4. The molecule has 0 radical (unpaired) electrons. The van der Waals surface area contributed by atoms with Gasteiger partial charge in [-0.05, 0) is 58.7 Å². The Kier molecular flexibility index (Phi) is 7.75. The molecule has 0 aromatic heterocycles. The van der Waals surface area contributed by atoms with Crippen LogP contribution in [-0.2, 0) is 14.3 Å². The van der Waals surface area contributed by atoms with Crippen molar-refractivity contribution >= 4 is 33.5 Å². The van der Waals surface area contributed by atoms with Crippen molar-refractivity contribution in [3.8, 4) is 5.75 Å². The van der Waals surface area contributed by atoms with Crippen molar-refractivity contribution < 1.29 is 23.5 Å². The molecule has 1 atom stereocenters. The molecule has 6 nitrogen and oxygen atoms in total. The van der Waals surface area contributed by atoms with Gasteiger partial charge in [-0.15, -0.1) is 0 Å². The zero-order valence-electron chi connectivity index (χ0n) is 14.9. The maximum atomic E-state index is 13.2. The van der Waals surface area contributed by atoms with E-state index < -0.39 is 23.7 Å². The molecular weight excluding hydrogens is 419 g/mol. The minimum absolute atomic E-state index is 0.163. The molecule has 2 N–H and O–H groups in total. The highest BCUT2D eigenvalue weighted by Gasteiger charge is 2.23. The molecule has 0 spiro atoms. The first-order valence-corrected chi connectivity index (χ1v) is 9.02. The van der Waals surface area contributed by atoms with Crippen LogP contribution < -0.4 is 15.4 Å². The Bertz CT molecular complexity index is 816. The van der Waals surface area contributed by atoms with Crippen molar-refractivity contribution in [2.45, 2.75) is 13.0 Å². The number of methoxy groups -OCH3 is 1. The van der Waals surface area contributed by atoms with E-state index in [0.29, 0.717) is 21.5 Å². The molecule has 8 heteroatoms. The lowest BCUT2D eigenvalue weighted by Crippen LogP contribution is -2.36. The first kappa shape index (κ1) is 20.9. The maximum Gasteiger partial charge on any atom is 0.327 e. The fourth-order valence-corrected chi connectivity index (χ4v) is 2.95. The Labute approximate surface area is 165 Å². The van der Waals surface area contributed by atoms with Crippen LogP contribution in [0.15, 0.2) is 46.9 Å². The molecule has 0 aliphatic rings. The van der Waals surface area contributed by atoms with Gasteiger partial charge in [0.1, 0.15) is 17.6 Å². The highest BCUT2D eigenvalue weighted by Crippen LogP contribution is 2.28. The summed E-state index contributed by atoms with van der Waals surface area (Å²) in [7, 11) is 1.54. The van der Waals surface area contributed by atoms with Gasteiger partial charge in [0.25, 0.3) is 0 Å². The van der Waals surface area contributed by atoms with E-state index in [1.54, 1.807) is 31.2 Å². The number of anilines is 1. The predicted octanol–water partition coefficient (Wildman–Crippen LogP) is 3.43. The highest BCUT2D eigenvalue weighted by molar-refractivity contribution is 9.10. The molecule has 0 saturated heterocycles. The number of hydrogen-bond acceptors (Lipinski definition) is 5. The van der Waals surface area contributed by atoms with Crippen LogP contribution in [0.25, 0.3) is 0 Å². The SMILES string of the molecule is CCOC(=O)[C@@H](NCC(=O)Nc1cccc(F)c1)c1ccc(OC)c(Br)c1. The first-order chi connectivity index (χ1) is 12.9. The van der Waals surface area contributed by atoms with Crippen molar-refractivity contribution in [3.63, 3.8) is 0 Å². The molecule has 2 aromatic carbocycles. The number of carbonyl (C=O) groups is 2. The molecule has 0 saturated carbocycles. The Morgan fingerprint density at radius 2 is 2.00 bits per heavy atom. The monoisotopic (exact) mass is 438 g/mol. The van der Waals surface area contributed by atoms with Gasteiger partial charge in [0.15, 0.2) is 0 Å². The molecule has 0 aliphatic carbocycles. The van der Waals surface area contributed by atoms with Gasteiger partial charge in [0.2, 0.25) is 5.91 Å². The summed E-state index contributed by atoms with van der Waals surface area (Å²) >= 11 is 3.38. The van der Waals surface area contributed by atoms with Gasteiger partial charge < -0.3 is 14.8 Å². The number of rotatable bonds is 8. The fraction of sp³-hybridized carbons (Fsp3) is 0.263. The van der Waals surface area contributed by atoms with E-state index in [4.69, 9.17) is 9.47 Å². The first-order valence-electron chi connectivity index (χ1n) is 8.23. The third kappa shape index (κ3) is 6.04. The Balaban J connectivity index is 2.09. The Morgan fingerprint density at radius 1 is 1.22 bits per heavy atom. The second-order valence-corrected chi connectivity index (χ2v) is 6.37. The second-order valence-electron chi connectivity index (χ2n) is 5.52. The lowest BCUT2D eigenvalue weighted by Gasteiger charge is -2.18. The number of carbonyl (C=O) groups excluding carboxylic acids is 2. The van der Waals surface area contributed by atoms with Gasteiger partial charge in [-0.25, -0.2) is 9.18 Å². The largest absolute Gasteiger partial charge is 0.496 e. The van der Waals surface area contributed by atoms with E-state index in [2.05, 4.69) is 26.6 Å². The van der Waals surface area contributed by atoms with E-state index >= 15 is 0 Å². The van der Waals surface area contributed by atoms with Crippen molar-refractivity contribution in [1.82, 2.24) is 5.32 Å². The van der Waals surface area contributed by atoms with Gasteiger partial charge in [-0.2, -0.15) is 0 Å². The van der Waals surface area contributed by atoms with Crippen LogP contribution >= 0.6 is 15.9 Å². The number of ether oxygens (including phenoxy) is 2. The number of nitrogens with one attached hydrogen (secondary N) is 2. The van der Waals surface area contributed by atoms with Crippen molar-refractivity contribution in [3.05, 3.63) is 58.3 Å². The predicted molar refractivity (Wildman–Crippen MR) is 103 cm³/mol. The number of halogens is 2. The van der Waals surface area contributed by atoms with Crippen LogP contribution in [0.5, 0.6) is 5.75 Å². The number of esters is 1. The van der Waals surface area contributed by atoms with E-state index in [9.17, 15) is 14.0 Å². The average molecular weight is 439 g/mol. The van der Waals surface area contributed by atoms with Crippen LogP contribution in [0.3, 0.4) is 0 Å². The summed E-state index contributed by atoms with van der Waals surface area (Å²) in [5.41, 5.74) is 0.946. The zero-order chi connectivity index (χ0) is 19.8. The molecule has 2 aromatic rings. The van der Waals surface area contributed by atoms with Crippen LogP contribution in [0.4, 0.5) is 10.1 Å². The minimum Gasteiger partial charge on any atom is -0.496 e. The summed E-state index contributed by atoms with van der Waals surface area (Å²) < 4.78 is 24.1. The molecule has 27 heavy (non-hydrogen) atoms. The molecule has 1 amide bonds. The molecule has 0 aliphatic heterocycles. The van der Waals surface area contributed by atoms with Crippen LogP contribution in [0.1, 0.15) is 18.5 Å². The van der Waals surface area contributed by atoms with Gasteiger partial charge in [-0.1, -0.05) is 12.1 Å². The number of hydrogen-bond donors (Lipinski definition) is 2. The summed E-state index contributed by atoms with van der Waals surface area (Å²) in [5.74, 6) is -0.756. The lowest BCUT2D eigenvalue weighted by atomic mass is 10.1. The van der Waals surface area contributed by atoms with Gasteiger partial charge in [-0.3, -0.25) is 10.1 Å². The van der Waals surface area contributed by atoms with E-state index in [1.165, 1.54) is 25.3 Å². The number of amides is 1. The van der Waals surface area contributed by atoms with Crippen molar-refractivity contribution in [1.29, 1.82) is 0 Å². The molecule has 144 valence electrons. The fourth-order valence-electron chi connectivity index (χ4n) is 2.39. The van der Waals surface area contributed by atoms with Crippen molar-refractivity contribution in [2.24, 2.45) is 0 Å². The standard InChI is InChI=1S/C19H20BrFN2O4/c1-3-27-19(25)18(12-7-8-16(26-2)15(20)9-12)22-11-17(24)23-14-6-4-5-13(21)10-14/h4-10,18,22H,3,11H2,1-2H3,(H,23,24)/t18-/m0/s1. The lowest BCUT2D eigenvalue weighted by molar-refractivity contribution is -0.145. The van der Waals surface area contributed by atoms with Gasteiger partial charge in [0.05, 0.1) is 24.7 Å². The highest BCUT2D eigenvalue weighted by atomic mass is 79.9.